The highest BCUT2D eigenvalue weighted by Gasteiger charge is 2.48. The average Bonchev–Trinajstić information content (AvgIpc) is 3.29. The quantitative estimate of drug-likeness (QED) is 0.666. The fraction of sp³-hybridized carbons (Fsp3) is 0.467. The molecule has 0 radical (unpaired) electrons. The van der Waals surface area contributed by atoms with E-state index in [0.29, 0.717) is 13.2 Å². The number of urea groups is 1. The summed E-state index contributed by atoms with van der Waals surface area (Å²) in [5.41, 5.74) is -1.19. The number of aliphatic carboxylic acids is 1. The van der Waals surface area contributed by atoms with E-state index >= 15 is 0 Å². The number of carbonyl (C=O) groups excluding carboxylic acids is 1. The van der Waals surface area contributed by atoms with Gasteiger partial charge in [0, 0.05) is 0 Å². The minimum Gasteiger partial charge on any atom is -0.492 e. The van der Waals surface area contributed by atoms with Crippen LogP contribution in [0.1, 0.15) is 19.8 Å². The van der Waals surface area contributed by atoms with Crippen LogP contribution in [-0.4, -0.2) is 35.8 Å². The second-order valence-corrected chi connectivity index (χ2v) is 5.32. The van der Waals surface area contributed by atoms with E-state index in [9.17, 15) is 14.7 Å². The lowest BCUT2D eigenvalue weighted by Gasteiger charge is -2.26. The molecule has 1 atom stereocenters. The van der Waals surface area contributed by atoms with Gasteiger partial charge in [-0.15, -0.1) is 0 Å². The molecule has 21 heavy (non-hydrogen) atoms. The van der Waals surface area contributed by atoms with Crippen LogP contribution in [0.3, 0.4) is 0 Å². The molecular weight excluding hydrogens is 272 g/mol. The van der Waals surface area contributed by atoms with E-state index in [1.165, 1.54) is 0 Å². The molecule has 1 aromatic carbocycles. The number of nitrogens with one attached hydrogen (secondary N) is 2. The first-order valence-electron chi connectivity index (χ1n) is 6.99. The van der Waals surface area contributed by atoms with Gasteiger partial charge in [-0.2, -0.15) is 0 Å². The number of benzene rings is 1. The summed E-state index contributed by atoms with van der Waals surface area (Å²) in [6.45, 7) is 2.18. The van der Waals surface area contributed by atoms with E-state index in [4.69, 9.17) is 4.74 Å². The largest absolute Gasteiger partial charge is 0.492 e. The van der Waals surface area contributed by atoms with Gasteiger partial charge in [-0.05, 0) is 37.8 Å². The van der Waals surface area contributed by atoms with Gasteiger partial charge in [0.05, 0.1) is 6.54 Å². The Bertz CT molecular complexity index is 502. The number of hydrogen-bond donors (Lipinski definition) is 3. The fourth-order valence-electron chi connectivity index (χ4n) is 2.12. The predicted molar refractivity (Wildman–Crippen MR) is 77.2 cm³/mol. The first-order chi connectivity index (χ1) is 10.0. The average molecular weight is 292 g/mol. The molecule has 6 heteroatoms. The van der Waals surface area contributed by atoms with E-state index in [0.717, 1.165) is 18.6 Å². The number of carbonyl (C=O) groups is 2. The van der Waals surface area contributed by atoms with Crippen molar-refractivity contribution in [2.75, 3.05) is 13.2 Å². The third-order valence-electron chi connectivity index (χ3n) is 3.61. The van der Waals surface area contributed by atoms with Crippen molar-refractivity contribution in [1.82, 2.24) is 10.6 Å². The van der Waals surface area contributed by atoms with E-state index in [2.05, 4.69) is 10.6 Å². The molecule has 0 heterocycles. The minimum atomic E-state index is -1.19. The van der Waals surface area contributed by atoms with Crippen LogP contribution in [0.25, 0.3) is 0 Å². The summed E-state index contributed by atoms with van der Waals surface area (Å²) in [7, 11) is 0. The van der Waals surface area contributed by atoms with Crippen molar-refractivity contribution in [3.8, 4) is 5.75 Å². The van der Waals surface area contributed by atoms with E-state index in [1.54, 1.807) is 6.92 Å². The molecule has 1 unspecified atom stereocenters. The van der Waals surface area contributed by atoms with Crippen LogP contribution in [0, 0.1) is 5.92 Å². The SMILES string of the molecule is CC(NC(=O)NCCOc1ccccc1)(C(=O)O)C1CC1. The third-order valence-corrected chi connectivity index (χ3v) is 3.61. The van der Waals surface area contributed by atoms with Crippen LogP contribution in [0.2, 0.25) is 0 Å². The van der Waals surface area contributed by atoms with Gasteiger partial charge in [-0.25, -0.2) is 9.59 Å². The molecule has 1 aromatic rings. The van der Waals surface area contributed by atoms with Gasteiger partial charge in [0.15, 0.2) is 0 Å². The van der Waals surface area contributed by atoms with Crippen molar-refractivity contribution < 1.29 is 19.4 Å². The molecule has 6 nitrogen and oxygen atoms in total. The molecule has 0 bridgehead atoms. The molecule has 1 fully saturated rings. The fourth-order valence-corrected chi connectivity index (χ4v) is 2.12. The summed E-state index contributed by atoms with van der Waals surface area (Å²) in [4.78, 5) is 23.1. The van der Waals surface area contributed by atoms with Crippen molar-refractivity contribution in [3.05, 3.63) is 30.3 Å². The number of carboxylic acids is 1. The third kappa shape index (κ3) is 4.11. The second kappa shape index (κ2) is 6.47. The van der Waals surface area contributed by atoms with E-state index in [1.807, 2.05) is 30.3 Å². The Kier molecular flexibility index (Phi) is 4.67. The maximum absolute atomic E-state index is 11.8. The number of hydrogen-bond acceptors (Lipinski definition) is 3. The van der Waals surface area contributed by atoms with Crippen LogP contribution in [-0.2, 0) is 4.79 Å². The van der Waals surface area contributed by atoms with Crippen LogP contribution in [0.5, 0.6) is 5.75 Å². The van der Waals surface area contributed by atoms with Gasteiger partial charge in [0.25, 0.3) is 0 Å². The zero-order valence-electron chi connectivity index (χ0n) is 12.0. The van der Waals surface area contributed by atoms with Crippen molar-refractivity contribution in [2.45, 2.75) is 25.3 Å². The zero-order valence-corrected chi connectivity index (χ0v) is 12.0. The molecule has 1 aliphatic rings. The molecule has 0 saturated heterocycles. The van der Waals surface area contributed by atoms with E-state index in [-0.39, 0.29) is 5.92 Å². The molecule has 1 aliphatic carbocycles. The van der Waals surface area contributed by atoms with Gasteiger partial charge in [0.1, 0.15) is 17.9 Å². The van der Waals surface area contributed by atoms with Crippen molar-refractivity contribution >= 4 is 12.0 Å². The van der Waals surface area contributed by atoms with Gasteiger partial charge in [-0.3, -0.25) is 0 Å². The van der Waals surface area contributed by atoms with E-state index < -0.39 is 17.5 Å². The molecule has 0 aliphatic heterocycles. The summed E-state index contributed by atoms with van der Waals surface area (Å²) >= 11 is 0. The lowest BCUT2D eigenvalue weighted by Crippen LogP contribution is -2.57. The summed E-state index contributed by atoms with van der Waals surface area (Å²) in [6.07, 6.45) is 1.67. The predicted octanol–water partition coefficient (Wildman–Crippen LogP) is 1.62. The van der Waals surface area contributed by atoms with Crippen LogP contribution >= 0.6 is 0 Å². The van der Waals surface area contributed by atoms with Crippen molar-refractivity contribution in [1.29, 1.82) is 0 Å². The van der Waals surface area contributed by atoms with Crippen LogP contribution < -0.4 is 15.4 Å². The Morgan fingerprint density at radius 2 is 2.00 bits per heavy atom. The lowest BCUT2D eigenvalue weighted by atomic mass is 9.96. The summed E-state index contributed by atoms with van der Waals surface area (Å²) < 4.78 is 5.43. The maximum Gasteiger partial charge on any atom is 0.329 e. The topological polar surface area (TPSA) is 87.7 Å². The van der Waals surface area contributed by atoms with Crippen LogP contribution in [0.15, 0.2) is 30.3 Å². The number of carboxylic acid groups (broad SMARTS) is 1. The first kappa shape index (κ1) is 15.2. The van der Waals surface area contributed by atoms with Crippen LogP contribution in [0.4, 0.5) is 4.79 Å². The Morgan fingerprint density at radius 1 is 1.33 bits per heavy atom. The van der Waals surface area contributed by atoms with Gasteiger partial charge < -0.3 is 20.5 Å². The number of rotatable bonds is 7. The summed E-state index contributed by atoms with van der Waals surface area (Å²) in [6, 6.07) is 8.79. The highest BCUT2D eigenvalue weighted by molar-refractivity contribution is 5.86. The summed E-state index contributed by atoms with van der Waals surface area (Å²) in [5.74, 6) is -0.255. The first-order valence-corrected chi connectivity index (χ1v) is 6.99. The smallest absolute Gasteiger partial charge is 0.329 e. The molecule has 0 spiro atoms. The Labute approximate surface area is 123 Å². The van der Waals surface area contributed by atoms with Crippen molar-refractivity contribution in [3.63, 3.8) is 0 Å². The maximum atomic E-state index is 11.8. The Morgan fingerprint density at radius 3 is 2.57 bits per heavy atom. The molecule has 1 saturated carbocycles. The number of para-hydroxylation sites is 1. The molecule has 2 rings (SSSR count). The van der Waals surface area contributed by atoms with Gasteiger partial charge in [0.2, 0.25) is 0 Å². The zero-order chi connectivity index (χ0) is 15.3. The standard InChI is InChI=1S/C15H20N2O4/c1-15(13(18)19,11-7-8-11)17-14(20)16-9-10-21-12-5-3-2-4-6-12/h2-6,11H,7-10H2,1H3,(H,18,19)(H2,16,17,20). The molecule has 114 valence electrons. The van der Waals surface area contributed by atoms with Crippen molar-refractivity contribution in [2.24, 2.45) is 5.92 Å². The number of amides is 2. The molecule has 3 N–H and O–H groups in total. The Hall–Kier alpha value is -2.24. The lowest BCUT2D eigenvalue weighted by molar-refractivity contribution is -0.144. The van der Waals surface area contributed by atoms with Gasteiger partial charge >= 0.3 is 12.0 Å². The Balaban J connectivity index is 1.71. The summed E-state index contributed by atoms with van der Waals surface area (Å²) in [5, 5.41) is 14.4. The number of ether oxygens (including phenoxy) is 1. The molecule has 0 aromatic heterocycles. The second-order valence-electron chi connectivity index (χ2n) is 5.32. The van der Waals surface area contributed by atoms with Gasteiger partial charge in [-0.1, -0.05) is 18.2 Å². The molecular formula is C15H20N2O4. The minimum absolute atomic E-state index is 0.0151. The highest BCUT2D eigenvalue weighted by atomic mass is 16.5. The highest BCUT2D eigenvalue weighted by Crippen LogP contribution is 2.39. The molecule has 2 amide bonds. The normalized spacial score (nSPS) is 16.6. The monoisotopic (exact) mass is 292 g/mol.